The van der Waals surface area contributed by atoms with Gasteiger partial charge in [-0.2, -0.15) is 0 Å². The maximum atomic E-state index is 11.2. The molecule has 2 rings (SSSR count). The Morgan fingerprint density at radius 3 is 3.07 bits per heavy atom. The Morgan fingerprint density at radius 1 is 1.73 bits per heavy atom. The number of nitrogens with zero attached hydrogens (tertiary/aromatic N) is 1. The summed E-state index contributed by atoms with van der Waals surface area (Å²) in [5, 5.41) is 5.82. The number of methoxy groups -OCH3 is 1. The molecule has 82 valence electrons. The second-order valence-corrected chi connectivity index (χ2v) is 4.66. The molecule has 0 aromatic carbocycles. The normalized spacial score (nSPS) is 17.2. The van der Waals surface area contributed by atoms with Crippen LogP contribution < -0.4 is 5.32 Å². The van der Waals surface area contributed by atoms with E-state index >= 15 is 0 Å². The molecule has 0 aliphatic heterocycles. The Bertz CT molecular complexity index is 360. The lowest BCUT2D eigenvalue weighted by Gasteiger charge is -2.10. The molecular formula is C10H14N2O2S. The molecule has 0 bridgehead atoms. The van der Waals surface area contributed by atoms with E-state index in [2.05, 4.69) is 22.0 Å². The van der Waals surface area contributed by atoms with Gasteiger partial charge in [-0.3, -0.25) is 0 Å². The summed E-state index contributed by atoms with van der Waals surface area (Å²) >= 11 is 1.44. The van der Waals surface area contributed by atoms with E-state index in [-0.39, 0.29) is 5.97 Å². The van der Waals surface area contributed by atoms with Crippen molar-refractivity contribution in [3.8, 4) is 0 Å². The van der Waals surface area contributed by atoms with E-state index in [9.17, 15) is 4.79 Å². The predicted molar refractivity (Wildman–Crippen MR) is 59.3 cm³/mol. The highest BCUT2D eigenvalue weighted by atomic mass is 32.1. The maximum Gasteiger partial charge on any atom is 0.357 e. The first-order chi connectivity index (χ1) is 7.20. The molecule has 0 saturated heterocycles. The molecule has 4 nitrogen and oxygen atoms in total. The highest BCUT2D eigenvalue weighted by Crippen LogP contribution is 2.34. The van der Waals surface area contributed by atoms with Crippen molar-refractivity contribution >= 4 is 22.4 Å². The molecule has 0 amide bonds. The van der Waals surface area contributed by atoms with Crippen molar-refractivity contribution in [3.05, 3.63) is 11.1 Å². The van der Waals surface area contributed by atoms with E-state index in [1.165, 1.54) is 31.3 Å². The van der Waals surface area contributed by atoms with Crippen LogP contribution in [0.25, 0.3) is 0 Å². The Hall–Kier alpha value is -1.10. The quantitative estimate of drug-likeness (QED) is 0.799. The van der Waals surface area contributed by atoms with Crippen molar-refractivity contribution in [3.63, 3.8) is 0 Å². The van der Waals surface area contributed by atoms with Gasteiger partial charge in [0.1, 0.15) is 0 Å². The second kappa shape index (κ2) is 4.18. The average molecular weight is 226 g/mol. The van der Waals surface area contributed by atoms with Crippen molar-refractivity contribution in [2.75, 3.05) is 12.4 Å². The SMILES string of the molecule is COC(=O)c1csc(NC(C)C2CC2)n1. The van der Waals surface area contributed by atoms with E-state index in [1.807, 2.05) is 0 Å². The number of carbonyl (C=O) groups is 1. The molecule has 1 atom stereocenters. The zero-order chi connectivity index (χ0) is 10.8. The van der Waals surface area contributed by atoms with Gasteiger partial charge in [0, 0.05) is 11.4 Å². The zero-order valence-electron chi connectivity index (χ0n) is 8.82. The fraction of sp³-hybridized carbons (Fsp3) is 0.600. The molecule has 1 unspecified atom stereocenters. The summed E-state index contributed by atoms with van der Waals surface area (Å²) in [6.07, 6.45) is 2.59. The van der Waals surface area contributed by atoms with E-state index in [0.717, 1.165) is 11.0 Å². The van der Waals surface area contributed by atoms with Crippen molar-refractivity contribution in [1.82, 2.24) is 4.98 Å². The number of hydrogen-bond acceptors (Lipinski definition) is 5. The van der Waals surface area contributed by atoms with Crippen molar-refractivity contribution in [2.24, 2.45) is 5.92 Å². The van der Waals surface area contributed by atoms with Crippen LogP contribution in [0.2, 0.25) is 0 Å². The van der Waals surface area contributed by atoms with E-state index in [4.69, 9.17) is 0 Å². The minimum atomic E-state index is -0.377. The summed E-state index contributed by atoms with van der Waals surface area (Å²) in [6, 6.07) is 0.446. The lowest BCUT2D eigenvalue weighted by molar-refractivity contribution is 0.0595. The number of ether oxygens (including phenoxy) is 1. The second-order valence-electron chi connectivity index (χ2n) is 3.80. The lowest BCUT2D eigenvalue weighted by atomic mass is 10.2. The molecule has 0 radical (unpaired) electrons. The number of nitrogens with one attached hydrogen (secondary N) is 1. The smallest absolute Gasteiger partial charge is 0.357 e. The summed E-state index contributed by atoms with van der Waals surface area (Å²) in [5.41, 5.74) is 0.382. The van der Waals surface area contributed by atoms with Crippen molar-refractivity contribution in [1.29, 1.82) is 0 Å². The maximum absolute atomic E-state index is 11.2. The highest BCUT2D eigenvalue weighted by molar-refractivity contribution is 7.13. The van der Waals surface area contributed by atoms with E-state index < -0.39 is 0 Å². The largest absolute Gasteiger partial charge is 0.464 e. The number of anilines is 1. The molecule has 5 heteroatoms. The Balaban J connectivity index is 1.97. The summed E-state index contributed by atoms with van der Waals surface area (Å²) < 4.78 is 4.59. The topological polar surface area (TPSA) is 51.2 Å². The first-order valence-corrected chi connectivity index (χ1v) is 5.89. The number of aromatic nitrogens is 1. The van der Waals surface area contributed by atoms with Crippen LogP contribution in [-0.4, -0.2) is 24.1 Å². The monoisotopic (exact) mass is 226 g/mol. The molecule has 0 spiro atoms. The molecule has 1 saturated carbocycles. The zero-order valence-corrected chi connectivity index (χ0v) is 9.63. The molecule has 1 aliphatic carbocycles. The van der Waals surface area contributed by atoms with Crippen LogP contribution in [0.1, 0.15) is 30.3 Å². The van der Waals surface area contributed by atoms with Gasteiger partial charge >= 0.3 is 5.97 Å². The van der Waals surface area contributed by atoms with Crippen LogP contribution in [0.15, 0.2) is 5.38 Å². The Labute approximate surface area is 92.7 Å². The fourth-order valence-electron chi connectivity index (χ4n) is 1.45. The molecule has 1 N–H and O–H groups in total. The molecule has 1 aliphatic rings. The predicted octanol–water partition coefficient (Wildman–Crippen LogP) is 2.14. The van der Waals surface area contributed by atoms with Crippen LogP contribution >= 0.6 is 11.3 Å². The molecule has 1 fully saturated rings. The minimum absolute atomic E-state index is 0.377. The Kier molecular flexibility index (Phi) is 2.90. The van der Waals surface area contributed by atoms with Gasteiger partial charge in [-0.25, -0.2) is 9.78 Å². The Morgan fingerprint density at radius 2 is 2.47 bits per heavy atom. The third kappa shape index (κ3) is 2.47. The molecule has 1 heterocycles. The molecule has 15 heavy (non-hydrogen) atoms. The van der Waals surface area contributed by atoms with Gasteiger partial charge in [0.05, 0.1) is 7.11 Å². The summed E-state index contributed by atoms with van der Waals surface area (Å²) in [7, 11) is 1.36. The van der Waals surface area contributed by atoms with Gasteiger partial charge in [0.25, 0.3) is 0 Å². The molecular weight excluding hydrogens is 212 g/mol. The summed E-state index contributed by atoms with van der Waals surface area (Å²) in [5.74, 6) is 0.397. The van der Waals surface area contributed by atoms with Gasteiger partial charge in [-0.1, -0.05) is 0 Å². The number of rotatable bonds is 4. The van der Waals surface area contributed by atoms with Crippen LogP contribution in [0.3, 0.4) is 0 Å². The summed E-state index contributed by atoms with van der Waals surface area (Å²) in [4.78, 5) is 15.3. The highest BCUT2D eigenvalue weighted by Gasteiger charge is 2.28. The number of esters is 1. The van der Waals surface area contributed by atoms with Crippen molar-refractivity contribution in [2.45, 2.75) is 25.8 Å². The summed E-state index contributed by atoms with van der Waals surface area (Å²) in [6.45, 7) is 2.15. The molecule has 1 aromatic heterocycles. The number of hydrogen-bond donors (Lipinski definition) is 1. The van der Waals surface area contributed by atoms with Crippen LogP contribution in [0, 0.1) is 5.92 Å². The van der Waals surface area contributed by atoms with Gasteiger partial charge in [-0.15, -0.1) is 11.3 Å². The van der Waals surface area contributed by atoms with Crippen LogP contribution in [0.4, 0.5) is 5.13 Å². The van der Waals surface area contributed by atoms with Crippen LogP contribution in [-0.2, 0) is 4.74 Å². The molecule has 1 aromatic rings. The van der Waals surface area contributed by atoms with E-state index in [0.29, 0.717) is 11.7 Å². The van der Waals surface area contributed by atoms with Gasteiger partial charge in [0.15, 0.2) is 10.8 Å². The van der Waals surface area contributed by atoms with Crippen molar-refractivity contribution < 1.29 is 9.53 Å². The first kappa shape index (κ1) is 10.4. The average Bonchev–Trinajstić information content (AvgIpc) is 2.99. The minimum Gasteiger partial charge on any atom is -0.464 e. The van der Waals surface area contributed by atoms with E-state index in [1.54, 1.807) is 5.38 Å². The lowest BCUT2D eigenvalue weighted by Crippen LogP contribution is -2.17. The van der Waals surface area contributed by atoms with Gasteiger partial charge in [0.2, 0.25) is 0 Å². The van der Waals surface area contributed by atoms with Gasteiger partial charge < -0.3 is 10.1 Å². The first-order valence-electron chi connectivity index (χ1n) is 5.01. The third-order valence-corrected chi connectivity index (χ3v) is 3.35. The van der Waals surface area contributed by atoms with Gasteiger partial charge in [-0.05, 0) is 25.7 Å². The standard InChI is InChI=1S/C10H14N2O2S/c1-6(7-3-4-7)11-10-12-8(5-15-10)9(13)14-2/h5-7H,3-4H2,1-2H3,(H,11,12). The number of carbonyl (C=O) groups excluding carboxylic acids is 1. The third-order valence-electron chi connectivity index (χ3n) is 2.58. The van der Waals surface area contributed by atoms with Crippen LogP contribution in [0.5, 0.6) is 0 Å². The fourth-order valence-corrected chi connectivity index (χ4v) is 2.22. The number of thiazole rings is 1.